The lowest BCUT2D eigenvalue weighted by Gasteiger charge is -2.24. The Bertz CT molecular complexity index is 264. The summed E-state index contributed by atoms with van der Waals surface area (Å²) in [7, 11) is 1.97. The zero-order chi connectivity index (χ0) is 14.0. The summed E-state index contributed by atoms with van der Waals surface area (Å²) >= 11 is 0. The van der Waals surface area contributed by atoms with Crippen molar-refractivity contribution in [2.45, 2.75) is 12.5 Å². The number of nitrogens with one attached hydrogen (secondary N) is 2. The van der Waals surface area contributed by atoms with Crippen LogP contribution in [0.15, 0.2) is 0 Å². The molecule has 0 unspecified atom stereocenters. The fraction of sp³-hybridized carbons (Fsp3) is 0.778. The van der Waals surface area contributed by atoms with Gasteiger partial charge in [-0.3, -0.25) is 4.79 Å². The number of carboxylic acid groups (broad SMARTS) is 1. The molecule has 0 radical (unpaired) electrons. The van der Waals surface area contributed by atoms with Crippen molar-refractivity contribution in [3.8, 4) is 0 Å². The van der Waals surface area contributed by atoms with Gasteiger partial charge < -0.3 is 29.0 Å². The minimum Gasteiger partial charge on any atom is -0.480 e. The molecular formula is C9H20N2O6Si. The normalized spacial score (nSPS) is 11.1. The Morgan fingerprint density at radius 2 is 1.67 bits per heavy atom. The zero-order valence-electron chi connectivity index (χ0n) is 10.8. The lowest BCUT2D eigenvalue weighted by Crippen LogP contribution is -2.44. The number of carbonyl (C=O) groups excluding carboxylic acids is 1. The minimum atomic E-state index is -2.59. The van der Waals surface area contributed by atoms with Gasteiger partial charge in [0.1, 0.15) is 6.54 Å². The van der Waals surface area contributed by atoms with Crippen LogP contribution in [0.2, 0.25) is 6.04 Å². The highest BCUT2D eigenvalue weighted by Gasteiger charge is 2.36. The van der Waals surface area contributed by atoms with E-state index < -0.39 is 27.3 Å². The third kappa shape index (κ3) is 6.54. The second-order valence-electron chi connectivity index (χ2n) is 3.40. The summed E-state index contributed by atoms with van der Waals surface area (Å²) in [6, 6.07) is 0.0484. The molecule has 0 aliphatic carbocycles. The van der Waals surface area contributed by atoms with Crippen molar-refractivity contribution in [2.75, 3.05) is 34.4 Å². The van der Waals surface area contributed by atoms with Crippen molar-refractivity contribution in [1.29, 1.82) is 0 Å². The van der Waals surface area contributed by atoms with Crippen molar-refractivity contribution >= 4 is 20.8 Å². The zero-order valence-corrected chi connectivity index (χ0v) is 11.8. The van der Waals surface area contributed by atoms with Gasteiger partial charge in [0.25, 0.3) is 0 Å². The van der Waals surface area contributed by atoms with Crippen LogP contribution >= 0.6 is 0 Å². The number of hydrogen-bond acceptors (Lipinski definition) is 5. The van der Waals surface area contributed by atoms with Crippen LogP contribution in [-0.2, 0) is 18.1 Å². The molecule has 0 spiro atoms. The van der Waals surface area contributed by atoms with E-state index >= 15 is 0 Å². The van der Waals surface area contributed by atoms with Crippen LogP contribution in [0.3, 0.4) is 0 Å². The number of hydrogen-bond donors (Lipinski definition) is 3. The molecule has 0 bridgehead atoms. The van der Waals surface area contributed by atoms with Gasteiger partial charge >= 0.3 is 20.8 Å². The first kappa shape index (κ1) is 16.8. The summed E-state index contributed by atoms with van der Waals surface area (Å²) in [6.07, 6.45) is 0.613. The van der Waals surface area contributed by atoms with Gasteiger partial charge in [-0.15, -0.1) is 0 Å². The maximum absolute atomic E-state index is 11.1. The van der Waals surface area contributed by atoms with Crippen molar-refractivity contribution in [1.82, 2.24) is 10.6 Å². The Kier molecular flexibility index (Phi) is 8.29. The van der Waals surface area contributed by atoms with Gasteiger partial charge in [-0.2, -0.15) is 0 Å². The summed E-state index contributed by atoms with van der Waals surface area (Å²) in [4.78, 5) is 21.3. The van der Waals surface area contributed by atoms with Crippen LogP contribution < -0.4 is 10.6 Å². The molecular weight excluding hydrogens is 260 g/mol. The lowest BCUT2D eigenvalue weighted by molar-refractivity contribution is -0.135. The molecule has 0 aliphatic heterocycles. The van der Waals surface area contributed by atoms with Crippen LogP contribution in [0.4, 0.5) is 4.79 Å². The summed E-state index contributed by atoms with van der Waals surface area (Å²) in [5.41, 5.74) is 0. The van der Waals surface area contributed by atoms with Crippen LogP contribution in [0.1, 0.15) is 6.42 Å². The number of rotatable bonds is 9. The molecule has 18 heavy (non-hydrogen) atoms. The molecule has 2 amide bonds. The van der Waals surface area contributed by atoms with E-state index in [1.165, 1.54) is 21.3 Å². The third-order valence-electron chi connectivity index (χ3n) is 2.28. The lowest BCUT2D eigenvalue weighted by atomic mass is 10.5. The Morgan fingerprint density at radius 3 is 2.11 bits per heavy atom. The highest BCUT2D eigenvalue weighted by Crippen LogP contribution is 2.14. The van der Waals surface area contributed by atoms with Gasteiger partial charge in [0.15, 0.2) is 0 Å². The van der Waals surface area contributed by atoms with Gasteiger partial charge in [-0.1, -0.05) is 0 Å². The summed E-state index contributed by atoms with van der Waals surface area (Å²) in [5.74, 6) is -1.09. The molecule has 0 fully saturated rings. The van der Waals surface area contributed by atoms with Gasteiger partial charge in [0.05, 0.1) is 0 Å². The summed E-state index contributed by atoms with van der Waals surface area (Å²) < 4.78 is 15.6. The maximum atomic E-state index is 11.1. The summed E-state index contributed by atoms with van der Waals surface area (Å²) in [6.45, 7) is -0.0188. The number of amides is 2. The third-order valence-corrected chi connectivity index (χ3v) is 5.11. The molecule has 8 nitrogen and oxygen atoms in total. The second kappa shape index (κ2) is 8.86. The Balaban J connectivity index is 3.78. The average molecular weight is 280 g/mol. The first-order valence-corrected chi connectivity index (χ1v) is 7.32. The van der Waals surface area contributed by atoms with E-state index in [0.717, 1.165) is 0 Å². The van der Waals surface area contributed by atoms with Gasteiger partial charge in [-0.05, 0) is 6.42 Å². The molecule has 106 valence electrons. The minimum absolute atomic E-state index is 0.385. The molecule has 0 aliphatic rings. The van der Waals surface area contributed by atoms with Crippen molar-refractivity contribution in [3.63, 3.8) is 0 Å². The Morgan fingerprint density at radius 1 is 1.11 bits per heavy atom. The molecule has 0 aromatic heterocycles. The first-order chi connectivity index (χ1) is 8.49. The van der Waals surface area contributed by atoms with E-state index in [2.05, 4.69) is 10.6 Å². The van der Waals surface area contributed by atoms with E-state index in [9.17, 15) is 9.59 Å². The molecule has 3 N–H and O–H groups in total. The Labute approximate surface area is 107 Å². The second-order valence-corrected chi connectivity index (χ2v) is 6.49. The van der Waals surface area contributed by atoms with Crippen LogP contribution in [0.5, 0.6) is 0 Å². The van der Waals surface area contributed by atoms with Crippen LogP contribution in [-0.4, -0.2) is 60.3 Å². The first-order valence-electron chi connectivity index (χ1n) is 5.38. The molecule has 0 rings (SSSR count). The summed E-state index contributed by atoms with van der Waals surface area (Å²) in [5, 5.41) is 13.1. The Hall–Kier alpha value is -1.16. The molecule has 0 heterocycles. The molecule has 0 aromatic carbocycles. The van der Waals surface area contributed by atoms with E-state index in [4.69, 9.17) is 18.4 Å². The topological polar surface area (TPSA) is 106 Å². The van der Waals surface area contributed by atoms with Crippen molar-refractivity contribution in [3.05, 3.63) is 0 Å². The monoisotopic (exact) mass is 280 g/mol. The number of aliphatic carboxylic acids is 1. The largest absolute Gasteiger partial charge is 0.500 e. The highest BCUT2D eigenvalue weighted by molar-refractivity contribution is 6.60. The van der Waals surface area contributed by atoms with E-state index in [1.54, 1.807) is 0 Å². The van der Waals surface area contributed by atoms with Gasteiger partial charge in [0, 0.05) is 33.9 Å². The molecule has 0 atom stereocenters. The fourth-order valence-electron chi connectivity index (χ4n) is 1.28. The predicted octanol–water partition coefficient (Wildman–Crippen LogP) is -0.362. The average Bonchev–Trinajstić information content (AvgIpc) is 2.37. The molecule has 0 aromatic rings. The van der Waals surface area contributed by atoms with E-state index in [1.807, 2.05) is 0 Å². The van der Waals surface area contributed by atoms with Crippen molar-refractivity contribution in [2.24, 2.45) is 0 Å². The predicted molar refractivity (Wildman–Crippen MR) is 65.2 cm³/mol. The molecule has 0 saturated carbocycles. The van der Waals surface area contributed by atoms with E-state index in [0.29, 0.717) is 19.0 Å². The molecule has 0 saturated heterocycles. The SMILES string of the molecule is CO[Si](CCCNC(=O)NCC(=O)O)(OC)OC. The van der Waals surface area contributed by atoms with Crippen LogP contribution in [0.25, 0.3) is 0 Å². The van der Waals surface area contributed by atoms with Crippen molar-refractivity contribution < 1.29 is 28.0 Å². The number of urea groups is 1. The maximum Gasteiger partial charge on any atom is 0.500 e. The smallest absolute Gasteiger partial charge is 0.480 e. The van der Waals surface area contributed by atoms with Gasteiger partial charge in [0.2, 0.25) is 0 Å². The van der Waals surface area contributed by atoms with Gasteiger partial charge in [-0.25, -0.2) is 4.79 Å². The highest BCUT2D eigenvalue weighted by atomic mass is 28.4. The molecule has 9 heteroatoms. The fourth-order valence-corrected chi connectivity index (χ4v) is 3.00. The standard InChI is InChI=1S/C9H20N2O6Si/c1-15-18(16-2,17-3)6-4-5-10-9(14)11-7-8(12)13/h4-7H2,1-3H3,(H,12,13)(H2,10,11,14). The quantitative estimate of drug-likeness (QED) is 0.393. The number of carboxylic acids is 1. The van der Waals surface area contributed by atoms with E-state index in [-0.39, 0.29) is 0 Å². The number of carbonyl (C=O) groups is 2. The van der Waals surface area contributed by atoms with Crippen LogP contribution in [0, 0.1) is 0 Å².